The first-order valence-electron chi connectivity index (χ1n) is 6.20. The fourth-order valence-electron chi connectivity index (χ4n) is 2.30. The Morgan fingerprint density at radius 1 is 1.41 bits per heavy atom. The summed E-state index contributed by atoms with van der Waals surface area (Å²) < 4.78 is 5.20. The van der Waals surface area contributed by atoms with Gasteiger partial charge < -0.3 is 14.8 Å². The molecule has 0 amide bonds. The molecule has 94 valence electrons. The average molecular weight is 237 g/mol. The maximum Gasteiger partial charge on any atom is 0.371 e. The zero-order valence-corrected chi connectivity index (χ0v) is 10.1. The molecule has 1 heterocycles. The summed E-state index contributed by atoms with van der Waals surface area (Å²) in [6.07, 6.45) is 4.95. The molecule has 0 atom stereocenters. The van der Waals surface area contributed by atoms with Crippen molar-refractivity contribution < 1.29 is 14.3 Å². The summed E-state index contributed by atoms with van der Waals surface area (Å²) in [5.41, 5.74) is 0. The number of carboxylic acid groups (broad SMARTS) is 1. The number of carboxylic acids is 1. The van der Waals surface area contributed by atoms with Gasteiger partial charge in [-0.1, -0.05) is 6.92 Å². The fraction of sp³-hybridized carbons (Fsp3) is 0.615. The van der Waals surface area contributed by atoms with Crippen LogP contribution in [0.3, 0.4) is 0 Å². The first-order valence-corrected chi connectivity index (χ1v) is 6.20. The summed E-state index contributed by atoms with van der Waals surface area (Å²) in [6, 6.07) is 3.77. The normalized spacial score (nSPS) is 24.8. The maximum atomic E-state index is 10.6. The minimum atomic E-state index is -1.01. The zero-order valence-electron chi connectivity index (χ0n) is 10.1. The van der Waals surface area contributed by atoms with Gasteiger partial charge in [0.15, 0.2) is 0 Å². The third-order valence-corrected chi connectivity index (χ3v) is 3.45. The van der Waals surface area contributed by atoms with Crippen molar-refractivity contribution in [1.29, 1.82) is 0 Å². The lowest BCUT2D eigenvalue weighted by Gasteiger charge is -2.26. The molecule has 1 aliphatic carbocycles. The second-order valence-corrected chi connectivity index (χ2v) is 4.91. The number of aromatic carboxylic acids is 1. The number of rotatable bonds is 4. The SMILES string of the molecule is CC1CCC(NCc2ccc(C(=O)O)o2)CC1. The summed E-state index contributed by atoms with van der Waals surface area (Å²) in [5.74, 6) is 0.540. The van der Waals surface area contributed by atoms with Crippen molar-refractivity contribution in [3.05, 3.63) is 23.7 Å². The number of carbonyl (C=O) groups is 1. The van der Waals surface area contributed by atoms with Gasteiger partial charge in [0, 0.05) is 6.04 Å². The number of furan rings is 1. The molecule has 4 nitrogen and oxygen atoms in total. The van der Waals surface area contributed by atoms with Crippen molar-refractivity contribution in [2.45, 2.75) is 45.2 Å². The average Bonchev–Trinajstić information content (AvgIpc) is 2.77. The van der Waals surface area contributed by atoms with E-state index in [4.69, 9.17) is 9.52 Å². The van der Waals surface area contributed by atoms with Gasteiger partial charge in [0.2, 0.25) is 5.76 Å². The molecule has 0 spiro atoms. The molecule has 17 heavy (non-hydrogen) atoms. The summed E-state index contributed by atoms with van der Waals surface area (Å²) in [6.45, 7) is 2.91. The molecule has 1 aromatic heterocycles. The Kier molecular flexibility index (Phi) is 3.84. The molecule has 1 saturated carbocycles. The van der Waals surface area contributed by atoms with Crippen LogP contribution < -0.4 is 5.32 Å². The maximum absolute atomic E-state index is 10.6. The smallest absolute Gasteiger partial charge is 0.371 e. The topological polar surface area (TPSA) is 62.5 Å². The Labute approximate surface area is 101 Å². The molecule has 1 aromatic rings. The molecule has 2 N–H and O–H groups in total. The first-order chi connectivity index (χ1) is 8.15. The standard InChI is InChI=1S/C13H19NO3/c1-9-2-4-10(5-3-9)14-8-11-6-7-12(17-11)13(15)16/h6-7,9-10,14H,2-5,8H2,1H3,(H,15,16). The fourth-order valence-corrected chi connectivity index (χ4v) is 2.30. The minimum absolute atomic E-state index is 0.0130. The summed E-state index contributed by atoms with van der Waals surface area (Å²) in [5, 5.41) is 12.2. The summed E-state index contributed by atoms with van der Waals surface area (Å²) in [7, 11) is 0. The number of nitrogens with one attached hydrogen (secondary N) is 1. The van der Waals surface area contributed by atoms with E-state index in [9.17, 15) is 4.79 Å². The van der Waals surface area contributed by atoms with Gasteiger partial charge in [-0.3, -0.25) is 0 Å². The van der Waals surface area contributed by atoms with Gasteiger partial charge in [-0.05, 0) is 43.7 Å². The minimum Gasteiger partial charge on any atom is -0.475 e. The predicted octanol–water partition coefficient (Wildman–Crippen LogP) is 2.65. The molecule has 1 fully saturated rings. The van der Waals surface area contributed by atoms with Crippen LogP contribution in [0.1, 0.15) is 48.9 Å². The van der Waals surface area contributed by atoms with Gasteiger partial charge >= 0.3 is 5.97 Å². The second-order valence-electron chi connectivity index (χ2n) is 4.91. The third-order valence-electron chi connectivity index (χ3n) is 3.45. The third kappa shape index (κ3) is 3.33. The molecule has 0 saturated heterocycles. The Morgan fingerprint density at radius 2 is 2.12 bits per heavy atom. The van der Waals surface area contributed by atoms with Crippen LogP contribution in [-0.4, -0.2) is 17.1 Å². The summed E-state index contributed by atoms with van der Waals surface area (Å²) in [4.78, 5) is 10.6. The highest BCUT2D eigenvalue weighted by Crippen LogP contribution is 2.23. The molecule has 0 aromatic carbocycles. The van der Waals surface area contributed by atoms with Gasteiger partial charge in [0.1, 0.15) is 5.76 Å². The van der Waals surface area contributed by atoms with E-state index in [1.54, 1.807) is 6.07 Å². The van der Waals surface area contributed by atoms with Crippen molar-refractivity contribution in [3.8, 4) is 0 Å². The first kappa shape index (κ1) is 12.2. The predicted molar refractivity (Wildman–Crippen MR) is 63.9 cm³/mol. The molecule has 2 rings (SSSR count). The highest BCUT2D eigenvalue weighted by atomic mass is 16.4. The van der Waals surface area contributed by atoms with Gasteiger partial charge in [0.25, 0.3) is 0 Å². The molecule has 0 bridgehead atoms. The van der Waals surface area contributed by atoms with E-state index in [0.29, 0.717) is 18.3 Å². The van der Waals surface area contributed by atoms with Crippen LogP contribution >= 0.6 is 0 Å². The largest absolute Gasteiger partial charge is 0.475 e. The second kappa shape index (κ2) is 5.36. The lowest BCUT2D eigenvalue weighted by atomic mass is 9.87. The lowest BCUT2D eigenvalue weighted by Crippen LogP contribution is -2.32. The Bertz CT molecular complexity index is 378. The monoisotopic (exact) mass is 237 g/mol. The Balaban J connectivity index is 1.79. The molecule has 0 radical (unpaired) electrons. The van der Waals surface area contributed by atoms with Gasteiger partial charge in [-0.15, -0.1) is 0 Å². The van der Waals surface area contributed by atoms with Crippen LogP contribution in [0.2, 0.25) is 0 Å². The molecule has 0 aliphatic heterocycles. The van der Waals surface area contributed by atoms with Crippen molar-refractivity contribution in [1.82, 2.24) is 5.32 Å². The Morgan fingerprint density at radius 3 is 2.71 bits per heavy atom. The van der Waals surface area contributed by atoms with Crippen LogP contribution in [0.15, 0.2) is 16.5 Å². The van der Waals surface area contributed by atoms with Crippen LogP contribution in [0, 0.1) is 5.92 Å². The van der Waals surface area contributed by atoms with Crippen molar-refractivity contribution in [2.75, 3.05) is 0 Å². The van der Waals surface area contributed by atoms with E-state index in [1.807, 2.05) is 0 Å². The highest BCUT2D eigenvalue weighted by Gasteiger charge is 2.18. The van der Waals surface area contributed by atoms with Crippen molar-refractivity contribution >= 4 is 5.97 Å². The van der Waals surface area contributed by atoms with Crippen LogP contribution in [0.4, 0.5) is 0 Å². The van der Waals surface area contributed by atoms with E-state index in [0.717, 1.165) is 5.92 Å². The Hall–Kier alpha value is -1.29. The van der Waals surface area contributed by atoms with Crippen LogP contribution in [-0.2, 0) is 6.54 Å². The summed E-state index contributed by atoms with van der Waals surface area (Å²) >= 11 is 0. The highest BCUT2D eigenvalue weighted by molar-refractivity contribution is 5.84. The molecular weight excluding hydrogens is 218 g/mol. The lowest BCUT2D eigenvalue weighted by molar-refractivity contribution is 0.0660. The van der Waals surface area contributed by atoms with E-state index < -0.39 is 5.97 Å². The molecule has 4 heteroatoms. The van der Waals surface area contributed by atoms with Gasteiger partial charge in [-0.25, -0.2) is 4.79 Å². The number of hydrogen-bond donors (Lipinski definition) is 2. The van der Waals surface area contributed by atoms with E-state index in [2.05, 4.69) is 12.2 Å². The van der Waals surface area contributed by atoms with E-state index >= 15 is 0 Å². The van der Waals surface area contributed by atoms with Gasteiger partial charge in [0.05, 0.1) is 6.54 Å². The van der Waals surface area contributed by atoms with Crippen molar-refractivity contribution in [3.63, 3.8) is 0 Å². The van der Waals surface area contributed by atoms with Crippen LogP contribution in [0.25, 0.3) is 0 Å². The quantitative estimate of drug-likeness (QED) is 0.845. The number of hydrogen-bond acceptors (Lipinski definition) is 3. The van der Waals surface area contributed by atoms with E-state index in [-0.39, 0.29) is 5.76 Å². The zero-order chi connectivity index (χ0) is 12.3. The van der Waals surface area contributed by atoms with Crippen LogP contribution in [0.5, 0.6) is 0 Å². The van der Waals surface area contributed by atoms with Gasteiger partial charge in [-0.2, -0.15) is 0 Å². The van der Waals surface area contributed by atoms with E-state index in [1.165, 1.54) is 31.7 Å². The molecule has 0 unspecified atom stereocenters. The molecular formula is C13H19NO3. The molecule has 1 aliphatic rings. The van der Waals surface area contributed by atoms with Crippen molar-refractivity contribution in [2.24, 2.45) is 5.92 Å².